The number of fused-ring (bicyclic) bond motifs is 11. The van der Waals surface area contributed by atoms with Crippen LogP contribution in [0.3, 0.4) is 0 Å². The highest BCUT2D eigenvalue weighted by atomic mass is 16.3. The lowest BCUT2D eigenvalue weighted by Gasteiger charge is -2.29. The molecule has 2 nitrogen and oxygen atoms in total. The van der Waals surface area contributed by atoms with Crippen LogP contribution < -0.4 is 4.90 Å². The van der Waals surface area contributed by atoms with E-state index in [0.717, 1.165) is 39.2 Å². The molecular formula is C52H33NO. The molecule has 0 atom stereocenters. The number of para-hydroxylation sites is 2. The average molecular weight is 688 g/mol. The highest BCUT2D eigenvalue weighted by molar-refractivity contribution is 6.34. The summed E-state index contributed by atoms with van der Waals surface area (Å²) in [4.78, 5) is 2.43. The van der Waals surface area contributed by atoms with Gasteiger partial charge in [0.1, 0.15) is 11.2 Å². The van der Waals surface area contributed by atoms with E-state index in [4.69, 9.17) is 4.42 Å². The molecule has 0 saturated heterocycles. The fourth-order valence-electron chi connectivity index (χ4n) is 8.60. The summed E-state index contributed by atoms with van der Waals surface area (Å²) in [7, 11) is 0. The topological polar surface area (TPSA) is 16.4 Å². The predicted octanol–water partition coefficient (Wildman–Crippen LogP) is 15.0. The Hall–Kier alpha value is -7.16. The molecule has 0 aliphatic rings. The molecule has 1 heterocycles. The molecule has 54 heavy (non-hydrogen) atoms. The van der Waals surface area contributed by atoms with Crippen molar-refractivity contribution in [3.63, 3.8) is 0 Å². The van der Waals surface area contributed by atoms with Gasteiger partial charge in [0.25, 0.3) is 0 Å². The molecule has 0 fully saturated rings. The zero-order chi connectivity index (χ0) is 35.6. The van der Waals surface area contributed by atoms with Gasteiger partial charge >= 0.3 is 0 Å². The van der Waals surface area contributed by atoms with Crippen LogP contribution in [0, 0.1) is 0 Å². The van der Waals surface area contributed by atoms with E-state index in [1.165, 1.54) is 65.2 Å². The van der Waals surface area contributed by atoms with Gasteiger partial charge in [-0.2, -0.15) is 0 Å². The third-order valence-corrected chi connectivity index (χ3v) is 11.0. The molecule has 0 aliphatic carbocycles. The zero-order valence-corrected chi connectivity index (χ0v) is 29.4. The molecule has 0 aliphatic heterocycles. The van der Waals surface area contributed by atoms with Crippen LogP contribution in [0.5, 0.6) is 0 Å². The molecule has 0 radical (unpaired) electrons. The second kappa shape index (κ2) is 12.2. The summed E-state index contributed by atoms with van der Waals surface area (Å²) in [6.45, 7) is 0. The van der Waals surface area contributed by atoms with Gasteiger partial charge in [0, 0.05) is 32.8 Å². The third kappa shape index (κ3) is 4.74. The molecule has 10 aromatic carbocycles. The minimum absolute atomic E-state index is 0.916. The highest BCUT2D eigenvalue weighted by Crippen LogP contribution is 2.46. The van der Waals surface area contributed by atoms with Crippen molar-refractivity contribution in [1.82, 2.24) is 0 Å². The summed E-state index contributed by atoms with van der Waals surface area (Å²) in [5.41, 5.74) is 9.90. The van der Waals surface area contributed by atoms with Crippen molar-refractivity contribution in [3.05, 3.63) is 200 Å². The first-order chi connectivity index (χ1) is 26.8. The summed E-state index contributed by atoms with van der Waals surface area (Å²) in [6, 6.07) is 72.3. The van der Waals surface area contributed by atoms with Crippen LogP contribution in [-0.2, 0) is 0 Å². The van der Waals surface area contributed by atoms with Crippen molar-refractivity contribution in [2.75, 3.05) is 4.90 Å². The molecule has 0 saturated carbocycles. The molecule has 0 N–H and O–H groups in total. The maximum atomic E-state index is 6.38. The van der Waals surface area contributed by atoms with E-state index in [0.29, 0.717) is 0 Å². The number of hydrogen-bond donors (Lipinski definition) is 0. The van der Waals surface area contributed by atoms with Crippen molar-refractivity contribution in [1.29, 1.82) is 0 Å². The quantitative estimate of drug-likeness (QED) is 0.168. The molecule has 0 bridgehead atoms. The fourth-order valence-corrected chi connectivity index (χ4v) is 8.60. The van der Waals surface area contributed by atoms with Crippen LogP contribution in [0.1, 0.15) is 0 Å². The fraction of sp³-hybridized carbons (Fsp3) is 0. The van der Waals surface area contributed by atoms with E-state index in [9.17, 15) is 0 Å². The lowest BCUT2D eigenvalue weighted by Crippen LogP contribution is -2.11. The first kappa shape index (κ1) is 30.5. The molecule has 0 unspecified atom stereocenters. The van der Waals surface area contributed by atoms with Gasteiger partial charge in [0.05, 0.1) is 11.4 Å². The Morgan fingerprint density at radius 2 is 0.926 bits per heavy atom. The Labute approximate surface area is 312 Å². The third-order valence-electron chi connectivity index (χ3n) is 11.0. The first-order valence-corrected chi connectivity index (χ1v) is 18.5. The maximum absolute atomic E-state index is 6.38. The van der Waals surface area contributed by atoms with Gasteiger partial charge < -0.3 is 9.32 Å². The Morgan fingerprint density at radius 1 is 0.315 bits per heavy atom. The molecule has 11 aromatic rings. The van der Waals surface area contributed by atoms with Gasteiger partial charge in [0.15, 0.2) is 0 Å². The lowest BCUT2D eigenvalue weighted by molar-refractivity contribution is 0.669. The maximum Gasteiger partial charge on any atom is 0.136 e. The minimum atomic E-state index is 0.916. The molecule has 1 aromatic heterocycles. The van der Waals surface area contributed by atoms with Crippen LogP contribution in [-0.4, -0.2) is 0 Å². The van der Waals surface area contributed by atoms with E-state index < -0.39 is 0 Å². The van der Waals surface area contributed by atoms with Crippen LogP contribution in [0.2, 0.25) is 0 Å². The van der Waals surface area contributed by atoms with Gasteiger partial charge in [-0.3, -0.25) is 0 Å². The monoisotopic (exact) mass is 687 g/mol. The van der Waals surface area contributed by atoms with Crippen LogP contribution in [0.25, 0.3) is 87.3 Å². The number of anilines is 3. The number of rotatable bonds is 5. The van der Waals surface area contributed by atoms with Crippen molar-refractivity contribution in [3.8, 4) is 22.3 Å². The second-order valence-corrected chi connectivity index (χ2v) is 14.0. The SMILES string of the molecule is c1ccc(-c2ccccc2N(c2cccc(-c3ccc4c5ccccc5c5c(ccc6oc7ccccc7c65)c4c3)c2)c2cccc3ccccc23)cc1. The van der Waals surface area contributed by atoms with Gasteiger partial charge in [-0.15, -0.1) is 0 Å². The summed E-state index contributed by atoms with van der Waals surface area (Å²) >= 11 is 0. The summed E-state index contributed by atoms with van der Waals surface area (Å²) < 4.78 is 6.38. The standard InChI is InChI=1S/C52H33NO/c1-2-14-34(15-3-1)39-21-8-10-25-47(39)53(48-26-13-17-35-16-4-5-20-40(35)48)38-19-12-18-36(32-38)37-28-29-42-41-22-6-7-23-43(41)51-44(46(42)33-37)30-31-50-52(51)45-24-9-11-27-49(45)54-50/h1-33H. The Kier molecular flexibility index (Phi) is 6.90. The van der Waals surface area contributed by atoms with Crippen LogP contribution >= 0.6 is 0 Å². The molecule has 2 heteroatoms. The Bertz CT molecular complexity index is 3220. The minimum Gasteiger partial charge on any atom is -0.456 e. The van der Waals surface area contributed by atoms with Gasteiger partial charge in [-0.1, -0.05) is 152 Å². The van der Waals surface area contributed by atoms with Crippen LogP contribution in [0.4, 0.5) is 17.1 Å². The van der Waals surface area contributed by atoms with Gasteiger partial charge in [-0.05, 0) is 97.5 Å². The summed E-state index contributed by atoms with van der Waals surface area (Å²) in [5, 5.41) is 12.2. The molecular weight excluding hydrogens is 655 g/mol. The van der Waals surface area contributed by atoms with Crippen molar-refractivity contribution in [2.45, 2.75) is 0 Å². The number of nitrogens with zero attached hydrogens (tertiary/aromatic N) is 1. The van der Waals surface area contributed by atoms with Crippen LogP contribution in [0.15, 0.2) is 205 Å². The smallest absolute Gasteiger partial charge is 0.136 e. The molecule has 0 amide bonds. The van der Waals surface area contributed by atoms with Gasteiger partial charge in [0.2, 0.25) is 0 Å². The van der Waals surface area contributed by atoms with E-state index in [-0.39, 0.29) is 0 Å². The normalized spacial score (nSPS) is 11.7. The second-order valence-electron chi connectivity index (χ2n) is 14.0. The van der Waals surface area contributed by atoms with Crippen molar-refractivity contribution in [2.24, 2.45) is 0 Å². The Morgan fingerprint density at radius 3 is 1.83 bits per heavy atom. The zero-order valence-electron chi connectivity index (χ0n) is 29.4. The summed E-state index contributed by atoms with van der Waals surface area (Å²) in [5.74, 6) is 0. The Balaban J connectivity index is 1.15. The first-order valence-electron chi connectivity index (χ1n) is 18.5. The van der Waals surface area contributed by atoms with Crippen molar-refractivity contribution < 1.29 is 4.42 Å². The van der Waals surface area contributed by atoms with E-state index >= 15 is 0 Å². The van der Waals surface area contributed by atoms with E-state index in [1.54, 1.807) is 0 Å². The van der Waals surface area contributed by atoms with E-state index in [2.05, 4.69) is 199 Å². The molecule has 252 valence electrons. The highest BCUT2D eigenvalue weighted by Gasteiger charge is 2.20. The summed E-state index contributed by atoms with van der Waals surface area (Å²) in [6.07, 6.45) is 0. The number of furan rings is 1. The number of hydrogen-bond acceptors (Lipinski definition) is 2. The lowest BCUT2D eigenvalue weighted by atomic mass is 9.90. The predicted molar refractivity (Wildman–Crippen MR) is 229 cm³/mol. The largest absolute Gasteiger partial charge is 0.456 e. The van der Waals surface area contributed by atoms with Gasteiger partial charge in [-0.25, -0.2) is 0 Å². The molecule has 11 rings (SSSR count). The molecule has 0 spiro atoms. The van der Waals surface area contributed by atoms with E-state index in [1.807, 2.05) is 6.07 Å². The van der Waals surface area contributed by atoms with Crippen molar-refractivity contribution >= 4 is 82.1 Å². The number of benzene rings is 10. The average Bonchev–Trinajstić information content (AvgIpc) is 3.63.